The maximum absolute atomic E-state index is 13.1. The van der Waals surface area contributed by atoms with Gasteiger partial charge in [0.1, 0.15) is 11.0 Å². The Bertz CT molecular complexity index is 956. The second-order valence-corrected chi connectivity index (χ2v) is 7.35. The molecule has 3 aromatic rings. The summed E-state index contributed by atoms with van der Waals surface area (Å²) in [7, 11) is 0. The fourth-order valence-electron chi connectivity index (χ4n) is 2.78. The van der Waals surface area contributed by atoms with E-state index in [-0.39, 0.29) is 16.9 Å². The van der Waals surface area contributed by atoms with Crippen molar-refractivity contribution in [3.63, 3.8) is 0 Å². The molecule has 0 fully saturated rings. The number of rotatable bonds is 6. The minimum atomic E-state index is -0.302. The van der Waals surface area contributed by atoms with Gasteiger partial charge in [0.15, 0.2) is 0 Å². The standard InChI is InChI=1S/C20H19ClFN3OS/c1-13-18(20(26)23-17-5-3-4-15(10-17)12-27-2)19(21)25(24-13)11-14-6-8-16(22)9-7-14/h3-10H,11-12H2,1-2H3,(H,23,26). The minimum Gasteiger partial charge on any atom is -0.322 e. The molecular formula is C20H19ClFN3OS. The van der Waals surface area contributed by atoms with Crippen molar-refractivity contribution in [3.8, 4) is 0 Å². The number of carbonyl (C=O) groups excluding carboxylic acids is 1. The second kappa shape index (κ2) is 8.59. The molecule has 0 atom stereocenters. The predicted molar refractivity (Wildman–Crippen MR) is 109 cm³/mol. The number of benzene rings is 2. The molecule has 0 bridgehead atoms. The lowest BCUT2D eigenvalue weighted by Gasteiger charge is -2.07. The molecule has 0 aliphatic carbocycles. The van der Waals surface area contributed by atoms with E-state index >= 15 is 0 Å². The molecule has 1 heterocycles. The Labute approximate surface area is 166 Å². The molecule has 2 aromatic carbocycles. The van der Waals surface area contributed by atoms with E-state index in [0.717, 1.165) is 16.9 Å². The first-order valence-corrected chi connectivity index (χ1v) is 10.1. The van der Waals surface area contributed by atoms with Crippen molar-refractivity contribution in [2.45, 2.75) is 19.2 Å². The predicted octanol–water partition coefficient (Wildman–Crippen LogP) is 5.15. The quantitative estimate of drug-likeness (QED) is 0.619. The summed E-state index contributed by atoms with van der Waals surface area (Å²) in [5, 5.41) is 7.51. The van der Waals surface area contributed by atoms with Crippen LogP contribution >= 0.6 is 23.4 Å². The number of thioether (sulfide) groups is 1. The Morgan fingerprint density at radius 1 is 1.22 bits per heavy atom. The number of nitrogens with one attached hydrogen (secondary N) is 1. The lowest BCUT2D eigenvalue weighted by molar-refractivity contribution is 0.102. The highest BCUT2D eigenvalue weighted by Crippen LogP contribution is 2.23. The van der Waals surface area contributed by atoms with E-state index in [1.165, 1.54) is 12.1 Å². The number of amides is 1. The molecule has 0 radical (unpaired) electrons. The first-order valence-electron chi connectivity index (χ1n) is 8.34. The third-order valence-electron chi connectivity index (χ3n) is 4.03. The zero-order valence-corrected chi connectivity index (χ0v) is 16.6. The maximum atomic E-state index is 13.1. The number of halogens is 2. The van der Waals surface area contributed by atoms with Crippen LogP contribution < -0.4 is 5.32 Å². The molecule has 0 spiro atoms. The van der Waals surface area contributed by atoms with Gasteiger partial charge in [-0.1, -0.05) is 35.9 Å². The molecule has 7 heteroatoms. The van der Waals surface area contributed by atoms with Gasteiger partial charge in [0.25, 0.3) is 5.91 Å². The van der Waals surface area contributed by atoms with Gasteiger partial charge in [0, 0.05) is 11.4 Å². The third kappa shape index (κ3) is 4.70. The van der Waals surface area contributed by atoms with Crippen LogP contribution in [0.4, 0.5) is 10.1 Å². The highest BCUT2D eigenvalue weighted by Gasteiger charge is 2.20. The van der Waals surface area contributed by atoms with Gasteiger partial charge >= 0.3 is 0 Å². The van der Waals surface area contributed by atoms with Crippen LogP contribution in [0.25, 0.3) is 0 Å². The van der Waals surface area contributed by atoms with Gasteiger partial charge in [-0.05, 0) is 48.6 Å². The SMILES string of the molecule is CSCc1cccc(NC(=O)c2c(C)nn(Cc3ccc(F)cc3)c2Cl)c1. The van der Waals surface area contributed by atoms with E-state index in [2.05, 4.69) is 10.4 Å². The van der Waals surface area contributed by atoms with Gasteiger partial charge in [-0.2, -0.15) is 16.9 Å². The van der Waals surface area contributed by atoms with Crippen LogP contribution in [0, 0.1) is 12.7 Å². The zero-order valence-electron chi connectivity index (χ0n) is 15.0. The van der Waals surface area contributed by atoms with Crippen LogP contribution in [0.3, 0.4) is 0 Å². The van der Waals surface area contributed by atoms with Gasteiger partial charge < -0.3 is 5.32 Å². The Morgan fingerprint density at radius 3 is 2.67 bits per heavy atom. The van der Waals surface area contributed by atoms with E-state index in [1.54, 1.807) is 35.5 Å². The Morgan fingerprint density at radius 2 is 1.96 bits per heavy atom. The molecule has 0 aliphatic rings. The van der Waals surface area contributed by atoms with Crippen LogP contribution in [0.15, 0.2) is 48.5 Å². The van der Waals surface area contributed by atoms with Crippen molar-refractivity contribution in [1.82, 2.24) is 9.78 Å². The molecule has 0 unspecified atom stereocenters. The molecule has 1 aromatic heterocycles. The molecule has 1 N–H and O–H groups in total. The number of nitrogens with zero attached hydrogens (tertiary/aromatic N) is 2. The van der Waals surface area contributed by atoms with Crippen molar-refractivity contribution in [1.29, 1.82) is 0 Å². The number of aryl methyl sites for hydroxylation is 1. The Balaban J connectivity index is 1.80. The lowest BCUT2D eigenvalue weighted by atomic mass is 10.2. The first kappa shape index (κ1) is 19.5. The van der Waals surface area contributed by atoms with Crippen molar-refractivity contribution in [2.75, 3.05) is 11.6 Å². The van der Waals surface area contributed by atoms with Crippen LogP contribution in [0.2, 0.25) is 5.15 Å². The maximum Gasteiger partial charge on any atom is 0.260 e. The summed E-state index contributed by atoms with van der Waals surface area (Å²) in [6.07, 6.45) is 2.03. The van der Waals surface area contributed by atoms with E-state index in [1.807, 2.05) is 30.5 Å². The molecule has 0 saturated carbocycles. The minimum absolute atomic E-state index is 0.259. The van der Waals surface area contributed by atoms with E-state index in [9.17, 15) is 9.18 Å². The zero-order chi connectivity index (χ0) is 19.4. The third-order valence-corrected chi connectivity index (χ3v) is 5.04. The highest BCUT2D eigenvalue weighted by atomic mass is 35.5. The molecule has 0 saturated heterocycles. The summed E-state index contributed by atoms with van der Waals surface area (Å²) in [6.45, 7) is 2.10. The van der Waals surface area contributed by atoms with Crippen molar-refractivity contribution >= 4 is 35.0 Å². The topological polar surface area (TPSA) is 46.9 Å². The number of carbonyl (C=O) groups is 1. The number of hydrogen-bond acceptors (Lipinski definition) is 3. The van der Waals surface area contributed by atoms with Crippen molar-refractivity contribution in [3.05, 3.63) is 81.9 Å². The summed E-state index contributed by atoms with van der Waals surface area (Å²) in [5.41, 5.74) is 3.58. The van der Waals surface area contributed by atoms with E-state index in [4.69, 9.17) is 11.6 Å². The molecule has 0 aliphatic heterocycles. The fraction of sp³-hybridized carbons (Fsp3) is 0.200. The fourth-order valence-corrected chi connectivity index (χ4v) is 3.61. The molecule has 3 rings (SSSR count). The monoisotopic (exact) mass is 403 g/mol. The number of aromatic nitrogens is 2. The van der Waals surface area contributed by atoms with Crippen LogP contribution in [0.1, 0.15) is 27.2 Å². The summed E-state index contributed by atoms with van der Waals surface area (Å²) >= 11 is 8.13. The average Bonchev–Trinajstić information content (AvgIpc) is 2.91. The summed E-state index contributed by atoms with van der Waals surface area (Å²) in [4.78, 5) is 12.7. The van der Waals surface area contributed by atoms with Gasteiger partial charge in [0.05, 0.1) is 17.8 Å². The van der Waals surface area contributed by atoms with E-state index < -0.39 is 0 Å². The van der Waals surface area contributed by atoms with E-state index in [0.29, 0.717) is 23.5 Å². The van der Waals surface area contributed by atoms with Gasteiger partial charge in [-0.25, -0.2) is 9.07 Å². The first-order chi connectivity index (χ1) is 13.0. The Hall–Kier alpha value is -2.31. The molecule has 27 heavy (non-hydrogen) atoms. The molecule has 1 amide bonds. The highest BCUT2D eigenvalue weighted by molar-refractivity contribution is 7.97. The van der Waals surface area contributed by atoms with Gasteiger partial charge in [0.2, 0.25) is 0 Å². The normalized spacial score (nSPS) is 10.8. The average molecular weight is 404 g/mol. The molecular weight excluding hydrogens is 385 g/mol. The van der Waals surface area contributed by atoms with Gasteiger partial charge in [-0.15, -0.1) is 0 Å². The molecule has 4 nitrogen and oxygen atoms in total. The summed E-state index contributed by atoms with van der Waals surface area (Å²) in [6, 6.07) is 13.8. The summed E-state index contributed by atoms with van der Waals surface area (Å²) in [5.74, 6) is 0.272. The van der Waals surface area contributed by atoms with Crippen LogP contribution in [0.5, 0.6) is 0 Å². The lowest BCUT2D eigenvalue weighted by Crippen LogP contribution is -2.13. The number of hydrogen-bond donors (Lipinski definition) is 1. The van der Waals surface area contributed by atoms with Crippen molar-refractivity contribution in [2.24, 2.45) is 0 Å². The van der Waals surface area contributed by atoms with Crippen LogP contribution in [-0.4, -0.2) is 21.9 Å². The smallest absolute Gasteiger partial charge is 0.260 e. The number of anilines is 1. The van der Waals surface area contributed by atoms with Crippen LogP contribution in [-0.2, 0) is 12.3 Å². The second-order valence-electron chi connectivity index (χ2n) is 6.12. The summed E-state index contributed by atoms with van der Waals surface area (Å²) < 4.78 is 14.6. The van der Waals surface area contributed by atoms with Gasteiger partial charge in [-0.3, -0.25) is 4.79 Å². The molecule has 140 valence electrons. The Kier molecular flexibility index (Phi) is 6.19. The largest absolute Gasteiger partial charge is 0.322 e. The van der Waals surface area contributed by atoms with Crippen molar-refractivity contribution < 1.29 is 9.18 Å².